The minimum absolute atomic E-state index is 0.397. The Morgan fingerprint density at radius 2 is 2.14 bits per heavy atom. The maximum atomic E-state index is 5.25. The number of piperidine rings is 1. The highest BCUT2D eigenvalue weighted by atomic mass is 32.1. The second-order valence-electron chi connectivity index (χ2n) is 7.68. The molecule has 0 spiro atoms. The van der Waals surface area contributed by atoms with Crippen LogP contribution in [0.4, 0.5) is 0 Å². The van der Waals surface area contributed by atoms with Crippen LogP contribution in [0.5, 0.6) is 0 Å². The molecule has 0 radical (unpaired) electrons. The van der Waals surface area contributed by atoms with E-state index in [1.54, 1.807) is 0 Å². The van der Waals surface area contributed by atoms with Crippen molar-refractivity contribution in [1.29, 1.82) is 0 Å². The topological polar surface area (TPSA) is 65.7 Å². The summed E-state index contributed by atoms with van der Waals surface area (Å²) in [5.74, 6) is 2.59. The molecule has 1 aliphatic heterocycles. The minimum atomic E-state index is 0.397. The zero-order valence-electron chi connectivity index (χ0n) is 17.5. The van der Waals surface area contributed by atoms with Crippen LogP contribution in [0.2, 0.25) is 0 Å². The molecule has 1 unspecified atom stereocenters. The molecule has 1 aliphatic rings. The summed E-state index contributed by atoms with van der Waals surface area (Å²) in [5.41, 5.74) is 2.15. The lowest BCUT2D eigenvalue weighted by molar-refractivity contribution is 0.140. The van der Waals surface area contributed by atoms with Crippen molar-refractivity contribution >= 4 is 17.3 Å². The van der Waals surface area contributed by atoms with Crippen molar-refractivity contribution in [3.8, 4) is 0 Å². The summed E-state index contributed by atoms with van der Waals surface area (Å²) >= 11 is 1.84. The van der Waals surface area contributed by atoms with E-state index in [1.165, 1.54) is 36.4 Å². The van der Waals surface area contributed by atoms with E-state index in [2.05, 4.69) is 50.1 Å². The normalized spacial score (nSPS) is 17.6. The highest BCUT2D eigenvalue weighted by Crippen LogP contribution is 2.29. The van der Waals surface area contributed by atoms with Crippen LogP contribution in [0.15, 0.2) is 27.0 Å². The van der Waals surface area contributed by atoms with Crippen molar-refractivity contribution < 1.29 is 4.52 Å². The lowest BCUT2D eigenvalue weighted by Crippen LogP contribution is -2.45. The minimum Gasteiger partial charge on any atom is -0.361 e. The Hall–Kier alpha value is -1.86. The number of aryl methyl sites for hydroxylation is 2. The molecule has 0 saturated carbocycles. The van der Waals surface area contributed by atoms with Crippen LogP contribution in [-0.2, 0) is 6.42 Å². The van der Waals surface area contributed by atoms with Crippen LogP contribution in [0.25, 0.3) is 0 Å². The fourth-order valence-electron chi connectivity index (χ4n) is 3.81. The first-order valence-electron chi connectivity index (χ1n) is 10.2. The number of likely N-dealkylation sites (tertiary alicyclic amines) is 1. The molecule has 0 amide bonds. The summed E-state index contributed by atoms with van der Waals surface area (Å²) in [6, 6.07) is 4.80. The van der Waals surface area contributed by atoms with Gasteiger partial charge in [-0.05, 0) is 63.6 Å². The smallest absolute Gasteiger partial charge is 0.191 e. The van der Waals surface area contributed by atoms with Crippen LogP contribution >= 0.6 is 11.3 Å². The Morgan fingerprint density at radius 1 is 1.36 bits per heavy atom. The van der Waals surface area contributed by atoms with Gasteiger partial charge in [0, 0.05) is 30.6 Å². The number of hydrogen-bond acceptors (Lipinski definition) is 5. The van der Waals surface area contributed by atoms with E-state index in [9.17, 15) is 0 Å². The Bertz CT molecular complexity index is 727. The zero-order valence-corrected chi connectivity index (χ0v) is 18.3. The third-order valence-electron chi connectivity index (χ3n) is 5.67. The average Bonchev–Trinajstić information content (AvgIpc) is 3.33. The number of aliphatic imine (C=N–C) groups is 1. The van der Waals surface area contributed by atoms with Gasteiger partial charge in [-0.2, -0.15) is 0 Å². The first-order valence-corrected chi connectivity index (χ1v) is 11.1. The fraction of sp³-hybridized carbons (Fsp3) is 0.619. The van der Waals surface area contributed by atoms with Crippen molar-refractivity contribution in [3.05, 3.63) is 39.4 Å². The van der Waals surface area contributed by atoms with Crippen molar-refractivity contribution in [2.45, 2.75) is 46.1 Å². The summed E-state index contributed by atoms with van der Waals surface area (Å²) < 4.78 is 5.25. The van der Waals surface area contributed by atoms with Gasteiger partial charge in [-0.25, -0.2) is 0 Å². The van der Waals surface area contributed by atoms with Crippen LogP contribution in [0, 0.1) is 19.8 Å². The van der Waals surface area contributed by atoms with Crippen LogP contribution in [0.3, 0.4) is 0 Å². The molecule has 0 bridgehead atoms. The monoisotopic (exact) mass is 403 g/mol. The highest BCUT2D eigenvalue weighted by molar-refractivity contribution is 7.10. The van der Waals surface area contributed by atoms with Gasteiger partial charge >= 0.3 is 0 Å². The Labute approximate surface area is 172 Å². The summed E-state index contributed by atoms with van der Waals surface area (Å²) in [4.78, 5) is 8.45. The number of nitrogens with zero attached hydrogens (tertiary/aromatic N) is 3. The summed E-state index contributed by atoms with van der Waals surface area (Å²) in [6.07, 6.45) is 3.44. The predicted molar refractivity (Wildman–Crippen MR) is 116 cm³/mol. The lowest BCUT2D eigenvalue weighted by atomic mass is 9.97. The third kappa shape index (κ3) is 5.35. The Morgan fingerprint density at radius 3 is 2.75 bits per heavy atom. The number of guanidine groups is 1. The van der Waals surface area contributed by atoms with Crippen molar-refractivity contribution in [3.63, 3.8) is 0 Å². The molecule has 0 aromatic carbocycles. The molecule has 154 valence electrons. The largest absolute Gasteiger partial charge is 0.361 e. The molecule has 3 heterocycles. The highest BCUT2D eigenvalue weighted by Gasteiger charge is 2.25. The molecule has 6 nitrogen and oxygen atoms in total. The van der Waals surface area contributed by atoms with Crippen molar-refractivity contribution in [2.75, 3.05) is 33.2 Å². The van der Waals surface area contributed by atoms with E-state index in [0.29, 0.717) is 6.04 Å². The van der Waals surface area contributed by atoms with Gasteiger partial charge in [-0.1, -0.05) is 18.1 Å². The molecular weight excluding hydrogens is 370 g/mol. The van der Waals surface area contributed by atoms with E-state index in [-0.39, 0.29) is 0 Å². The first-order chi connectivity index (χ1) is 13.6. The molecule has 2 aromatic rings. The van der Waals surface area contributed by atoms with Crippen molar-refractivity contribution in [1.82, 2.24) is 20.7 Å². The SMILES string of the molecule is CN=C(NCCc1c(C)noc1C)NCC(c1cccs1)N1CCC(C)CC1. The van der Waals surface area contributed by atoms with Gasteiger partial charge in [0.2, 0.25) is 0 Å². The molecular formula is C21H33N5OS. The maximum Gasteiger partial charge on any atom is 0.191 e. The molecule has 0 aliphatic carbocycles. The lowest BCUT2D eigenvalue weighted by Gasteiger charge is -2.36. The van der Waals surface area contributed by atoms with Gasteiger partial charge in [0.25, 0.3) is 0 Å². The van der Waals surface area contributed by atoms with Crippen LogP contribution in [-0.4, -0.2) is 49.2 Å². The van der Waals surface area contributed by atoms with Gasteiger partial charge in [0.05, 0.1) is 11.7 Å². The molecule has 1 atom stereocenters. The van der Waals surface area contributed by atoms with E-state index < -0.39 is 0 Å². The second-order valence-corrected chi connectivity index (χ2v) is 8.66. The van der Waals surface area contributed by atoms with Crippen LogP contribution in [0.1, 0.15) is 47.7 Å². The van der Waals surface area contributed by atoms with Crippen molar-refractivity contribution in [2.24, 2.45) is 10.9 Å². The Kier molecular flexibility index (Phi) is 7.50. The van der Waals surface area contributed by atoms with Gasteiger partial charge in [-0.3, -0.25) is 9.89 Å². The quantitative estimate of drug-likeness (QED) is 0.547. The predicted octanol–water partition coefficient (Wildman–Crippen LogP) is 3.53. The fourth-order valence-corrected chi connectivity index (χ4v) is 4.67. The van der Waals surface area contributed by atoms with Gasteiger partial charge in [0.1, 0.15) is 5.76 Å². The molecule has 1 saturated heterocycles. The second kappa shape index (κ2) is 10.1. The maximum absolute atomic E-state index is 5.25. The Balaban J connectivity index is 1.54. The molecule has 3 rings (SSSR count). The standard InChI is InChI=1S/C21H33N5OS/c1-15-8-11-26(12-9-15)19(20-6-5-13-28-20)14-24-21(22-4)23-10-7-18-16(2)25-27-17(18)3/h5-6,13,15,19H,7-12,14H2,1-4H3,(H2,22,23,24). The number of nitrogens with one attached hydrogen (secondary N) is 2. The van der Waals surface area contributed by atoms with Gasteiger partial charge in [0.15, 0.2) is 5.96 Å². The average molecular weight is 404 g/mol. The van der Waals surface area contributed by atoms with E-state index >= 15 is 0 Å². The molecule has 2 aromatic heterocycles. The number of thiophene rings is 1. The molecule has 1 fully saturated rings. The summed E-state index contributed by atoms with van der Waals surface area (Å²) in [7, 11) is 1.83. The van der Waals surface area contributed by atoms with E-state index in [4.69, 9.17) is 4.52 Å². The third-order valence-corrected chi connectivity index (χ3v) is 6.64. The van der Waals surface area contributed by atoms with Gasteiger partial charge < -0.3 is 15.2 Å². The molecule has 28 heavy (non-hydrogen) atoms. The summed E-state index contributed by atoms with van der Waals surface area (Å²) in [5, 5.41) is 13.2. The number of hydrogen-bond donors (Lipinski definition) is 2. The molecule has 2 N–H and O–H groups in total. The van der Waals surface area contributed by atoms with E-state index in [1.807, 2.05) is 32.2 Å². The van der Waals surface area contributed by atoms with Crippen LogP contribution < -0.4 is 10.6 Å². The zero-order chi connectivity index (χ0) is 19.9. The van der Waals surface area contributed by atoms with E-state index in [0.717, 1.165) is 42.8 Å². The number of aromatic nitrogens is 1. The molecule has 7 heteroatoms. The number of rotatable bonds is 7. The first kappa shape index (κ1) is 20.9. The summed E-state index contributed by atoms with van der Waals surface area (Å²) in [6.45, 7) is 10.3. The van der Waals surface area contributed by atoms with Gasteiger partial charge in [-0.15, -0.1) is 11.3 Å².